The van der Waals surface area contributed by atoms with Gasteiger partial charge in [-0.2, -0.15) is 0 Å². The lowest BCUT2D eigenvalue weighted by atomic mass is 10.0. The molecule has 1 amide bonds. The molecule has 148 valence electrons. The predicted octanol–water partition coefficient (Wildman–Crippen LogP) is 3.20. The number of carbonyl (C=O) groups excluding carboxylic acids is 2. The van der Waals surface area contributed by atoms with Crippen LogP contribution in [0.2, 0.25) is 0 Å². The summed E-state index contributed by atoms with van der Waals surface area (Å²) in [6.45, 7) is 1.79. The number of rotatable bonds is 10. The van der Waals surface area contributed by atoms with Gasteiger partial charge in [-0.1, -0.05) is 42.5 Å². The smallest absolute Gasteiger partial charge is 0.326 e. The highest BCUT2D eigenvalue weighted by Gasteiger charge is 2.26. The lowest BCUT2D eigenvalue weighted by Crippen LogP contribution is -2.43. The Morgan fingerprint density at radius 1 is 1.07 bits per heavy atom. The molecule has 0 bridgehead atoms. The second-order valence-electron chi connectivity index (χ2n) is 6.58. The Morgan fingerprint density at radius 2 is 1.79 bits per heavy atom. The van der Waals surface area contributed by atoms with Crippen LogP contribution in [0.25, 0.3) is 0 Å². The Hall–Kier alpha value is -3.15. The van der Waals surface area contributed by atoms with Gasteiger partial charge in [0.25, 0.3) is 0 Å². The van der Waals surface area contributed by atoms with Crippen molar-refractivity contribution in [1.82, 2.24) is 4.90 Å². The lowest BCUT2D eigenvalue weighted by Gasteiger charge is -2.25. The van der Waals surface area contributed by atoms with Gasteiger partial charge in [-0.05, 0) is 31.0 Å². The molecule has 0 heterocycles. The number of carboxylic acids is 1. The Labute approximate surface area is 164 Å². The summed E-state index contributed by atoms with van der Waals surface area (Å²) in [4.78, 5) is 36.7. The molecule has 2 aromatic rings. The van der Waals surface area contributed by atoms with Crippen molar-refractivity contribution in [1.29, 1.82) is 0 Å². The van der Waals surface area contributed by atoms with E-state index in [1.165, 1.54) is 18.9 Å². The molecule has 6 nitrogen and oxygen atoms in total. The fourth-order valence-corrected chi connectivity index (χ4v) is 2.80. The van der Waals surface area contributed by atoms with Gasteiger partial charge >= 0.3 is 5.97 Å². The summed E-state index contributed by atoms with van der Waals surface area (Å²) in [6.07, 6.45) is 0.888. The molecule has 0 saturated carbocycles. The number of Topliss-reactive ketones (excluding diaryl/α,β-unsaturated/α-hetero) is 1. The van der Waals surface area contributed by atoms with Crippen LogP contribution in [0.4, 0.5) is 0 Å². The molecule has 0 spiro atoms. The van der Waals surface area contributed by atoms with Gasteiger partial charge in [-0.15, -0.1) is 0 Å². The number of amides is 1. The van der Waals surface area contributed by atoms with Gasteiger partial charge in [0.1, 0.15) is 11.8 Å². The fourth-order valence-electron chi connectivity index (χ4n) is 2.80. The number of ketones is 1. The average molecular weight is 383 g/mol. The topological polar surface area (TPSA) is 83.9 Å². The normalized spacial score (nSPS) is 11.5. The van der Waals surface area contributed by atoms with Gasteiger partial charge in [0.2, 0.25) is 5.91 Å². The van der Waals surface area contributed by atoms with Crippen LogP contribution < -0.4 is 4.74 Å². The van der Waals surface area contributed by atoms with Crippen molar-refractivity contribution >= 4 is 17.7 Å². The van der Waals surface area contributed by atoms with Crippen molar-refractivity contribution in [2.45, 2.75) is 32.2 Å². The number of hydrogen-bond donors (Lipinski definition) is 1. The third kappa shape index (κ3) is 6.23. The number of ether oxygens (including phenoxy) is 1. The number of nitrogens with zero attached hydrogens (tertiary/aromatic N) is 1. The van der Waals surface area contributed by atoms with Gasteiger partial charge in [-0.3, -0.25) is 9.59 Å². The first kappa shape index (κ1) is 21.2. The third-order valence-electron chi connectivity index (χ3n) is 4.46. The van der Waals surface area contributed by atoms with Crippen LogP contribution in [-0.4, -0.2) is 47.4 Å². The summed E-state index contributed by atoms with van der Waals surface area (Å²) in [5, 5.41) is 9.50. The molecule has 1 N–H and O–H groups in total. The Balaban J connectivity index is 1.84. The van der Waals surface area contributed by atoms with Crippen LogP contribution in [-0.2, 0) is 16.0 Å². The Bertz CT molecular complexity index is 819. The van der Waals surface area contributed by atoms with Gasteiger partial charge in [-0.25, -0.2) is 4.79 Å². The molecule has 2 aromatic carbocycles. The largest absolute Gasteiger partial charge is 0.494 e. The molecule has 2 rings (SSSR count). The predicted molar refractivity (Wildman–Crippen MR) is 106 cm³/mol. The molecule has 0 aliphatic carbocycles. The van der Waals surface area contributed by atoms with E-state index in [1.54, 1.807) is 24.3 Å². The zero-order valence-corrected chi connectivity index (χ0v) is 16.1. The SMILES string of the molecule is CC(=O)c1cccc(OCCCC(=O)N(C)C(Cc2ccccc2)C(=O)O)c1. The Kier molecular flexibility index (Phi) is 7.75. The highest BCUT2D eigenvalue weighted by atomic mass is 16.5. The highest BCUT2D eigenvalue weighted by molar-refractivity contribution is 5.94. The first-order valence-electron chi connectivity index (χ1n) is 9.14. The lowest BCUT2D eigenvalue weighted by molar-refractivity contribution is -0.149. The van der Waals surface area contributed by atoms with E-state index in [-0.39, 0.29) is 24.5 Å². The molecule has 0 saturated heterocycles. The maximum atomic E-state index is 12.4. The van der Waals surface area contributed by atoms with E-state index in [2.05, 4.69) is 0 Å². The summed E-state index contributed by atoms with van der Waals surface area (Å²) in [6, 6.07) is 15.2. The zero-order valence-electron chi connectivity index (χ0n) is 16.1. The van der Waals surface area contributed by atoms with Crippen LogP contribution in [0, 0.1) is 0 Å². The van der Waals surface area contributed by atoms with E-state index in [1.807, 2.05) is 30.3 Å². The highest BCUT2D eigenvalue weighted by Crippen LogP contribution is 2.15. The minimum Gasteiger partial charge on any atom is -0.494 e. The first-order valence-corrected chi connectivity index (χ1v) is 9.14. The monoisotopic (exact) mass is 383 g/mol. The van der Waals surface area contributed by atoms with Crippen molar-refractivity contribution in [3.63, 3.8) is 0 Å². The quantitative estimate of drug-likeness (QED) is 0.503. The molecule has 0 aliphatic rings. The minimum atomic E-state index is -1.03. The number of carboxylic acid groups (broad SMARTS) is 1. The number of benzene rings is 2. The van der Waals surface area contributed by atoms with E-state index in [0.29, 0.717) is 24.3 Å². The van der Waals surface area contributed by atoms with E-state index in [0.717, 1.165) is 5.56 Å². The number of carbonyl (C=O) groups is 3. The molecule has 0 radical (unpaired) electrons. The van der Waals surface area contributed by atoms with Gasteiger partial charge in [0.15, 0.2) is 5.78 Å². The summed E-state index contributed by atoms with van der Waals surface area (Å²) in [5.74, 6) is -0.747. The fraction of sp³-hybridized carbons (Fsp3) is 0.318. The summed E-state index contributed by atoms with van der Waals surface area (Å²) >= 11 is 0. The molecule has 6 heteroatoms. The van der Waals surface area contributed by atoms with Crippen molar-refractivity contribution in [2.24, 2.45) is 0 Å². The molecule has 0 aliphatic heterocycles. The van der Waals surface area contributed by atoms with E-state index < -0.39 is 12.0 Å². The number of aliphatic carboxylic acids is 1. The first-order chi connectivity index (χ1) is 13.4. The molecular formula is C22H25NO5. The average Bonchev–Trinajstić information content (AvgIpc) is 2.69. The minimum absolute atomic E-state index is 0.0413. The van der Waals surface area contributed by atoms with Crippen LogP contribution in [0.1, 0.15) is 35.7 Å². The van der Waals surface area contributed by atoms with Crippen molar-refractivity contribution in [3.05, 3.63) is 65.7 Å². The molecule has 0 aromatic heterocycles. The van der Waals surface area contributed by atoms with Gasteiger partial charge in [0.05, 0.1) is 6.61 Å². The second-order valence-corrected chi connectivity index (χ2v) is 6.58. The van der Waals surface area contributed by atoms with Crippen molar-refractivity contribution in [2.75, 3.05) is 13.7 Å². The van der Waals surface area contributed by atoms with Gasteiger partial charge in [0, 0.05) is 25.5 Å². The molecule has 28 heavy (non-hydrogen) atoms. The van der Waals surface area contributed by atoms with Gasteiger partial charge < -0.3 is 14.7 Å². The van der Waals surface area contributed by atoms with Crippen LogP contribution in [0.5, 0.6) is 5.75 Å². The number of hydrogen-bond acceptors (Lipinski definition) is 4. The van der Waals surface area contributed by atoms with Crippen LogP contribution >= 0.6 is 0 Å². The molecule has 1 unspecified atom stereocenters. The maximum Gasteiger partial charge on any atom is 0.326 e. The Morgan fingerprint density at radius 3 is 2.43 bits per heavy atom. The second kappa shape index (κ2) is 10.3. The summed E-state index contributed by atoms with van der Waals surface area (Å²) in [5.41, 5.74) is 1.43. The standard InChI is InChI=1S/C22H25NO5/c1-16(24)18-10-6-11-19(15-18)28-13-7-12-21(25)23(2)20(22(26)27)14-17-8-4-3-5-9-17/h3-6,8-11,15,20H,7,12-14H2,1-2H3,(H,26,27). The maximum absolute atomic E-state index is 12.4. The van der Waals surface area contributed by atoms with Crippen LogP contribution in [0.3, 0.4) is 0 Å². The summed E-state index contributed by atoms with van der Waals surface area (Å²) < 4.78 is 5.59. The van der Waals surface area contributed by atoms with Crippen LogP contribution in [0.15, 0.2) is 54.6 Å². The number of likely N-dealkylation sites (N-methyl/N-ethyl adjacent to an activating group) is 1. The zero-order chi connectivity index (χ0) is 20.5. The van der Waals surface area contributed by atoms with E-state index >= 15 is 0 Å². The van der Waals surface area contributed by atoms with E-state index in [4.69, 9.17) is 4.74 Å². The molecule has 0 fully saturated rings. The van der Waals surface area contributed by atoms with Crippen molar-refractivity contribution < 1.29 is 24.2 Å². The molecule has 1 atom stereocenters. The summed E-state index contributed by atoms with van der Waals surface area (Å²) in [7, 11) is 1.52. The van der Waals surface area contributed by atoms with E-state index in [9.17, 15) is 19.5 Å². The van der Waals surface area contributed by atoms with Crippen molar-refractivity contribution in [3.8, 4) is 5.75 Å². The molecular weight excluding hydrogens is 358 g/mol. The third-order valence-corrected chi connectivity index (χ3v) is 4.46.